The van der Waals surface area contributed by atoms with Crippen molar-refractivity contribution in [1.29, 1.82) is 0 Å². The van der Waals surface area contributed by atoms with Crippen LogP contribution in [0.4, 0.5) is 0 Å². The second-order valence-electron chi connectivity index (χ2n) is 3.58. The summed E-state index contributed by atoms with van der Waals surface area (Å²) in [5, 5.41) is 15.7. The predicted octanol–water partition coefficient (Wildman–Crippen LogP) is 2.98. The molecule has 0 unspecified atom stereocenters. The lowest BCUT2D eigenvalue weighted by Gasteiger charge is -2.06. The molecule has 1 amide bonds. The summed E-state index contributed by atoms with van der Waals surface area (Å²) in [5.41, 5.74) is 8.31. The van der Waals surface area contributed by atoms with Crippen molar-refractivity contribution >= 4 is 21.8 Å². The van der Waals surface area contributed by atoms with E-state index in [1.54, 1.807) is 12.1 Å². The summed E-state index contributed by atoms with van der Waals surface area (Å²) in [6, 6.07) is 4.71. The molecule has 7 heteroatoms. The number of carbonyl (C=O) groups is 1. The zero-order valence-electron chi connectivity index (χ0n) is 9.64. The van der Waals surface area contributed by atoms with Crippen LogP contribution in [0.3, 0.4) is 0 Å². The number of azide groups is 1. The second-order valence-corrected chi connectivity index (χ2v) is 4.49. The van der Waals surface area contributed by atoms with Gasteiger partial charge < -0.3 is 10.4 Å². The molecule has 6 nitrogen and oxygen atoms in total. The number of nitrogens with zero attached hydrogens (tertiary/aromatic N) is 3. The molecule has 1 rings (SSSR count). The number of rotatable bonds is 6. The third-order valence-corrected chi connectivity index (χ3v) is 2.73. The van der Waals surface area contributed by atoms with Crippen molar-refractivity contribution in [1.82, 2.24) is 5.32 Å². The summed E-state index contributed by atoms with van der Waals surface area (Å²) < 4.78 is 0.714. The summed E-state index contributed by atoms with van der Waals surface area (Å²) in [4.78, 5) is 14.3. The molecule has 0 bridgehead atoms. The molecule has 2 N–H and O–H groups in total. The van der Waals surface area contributed by atoms with Crippen molar-refractivity contribution in [3.05, 3.63) is 38.7 Å². The van der Waals surface area contributed by atoms with Gasteiger partial charge in [-0.05, 0) is 36.6 Å². The zero-order valence-corrected chi connectivity index (χ0v) is 11.2. The first-order chi connectivity index (χ1) is 8.65. The van der Waals surface area contributed by atoms with Crippen LogP contribution in [-0.4, -0.2) is 24.1 Å². The van der Waals surface area contributed by atoms with Gasteiger partial charge in [-0.15, -0.1) is 0 Å². The molecule has 18 heavy (non-hydrogen) atoms. The lowest BCUT2D eigenvalue weighted by atomic mass is 10.2. The van der Waals surface area contributed by atoms with Gasteiger partial charge >= 0.3 is 0 Å². The Labute approximate surface area is 113 Å². The maximum Gasteiger partial charge on any atom is 0.255 e. The van der Waals surface area contributed by atoms with E-state index in [9.17, 15) is 9.90 Å². The number of amides is 1. The second kappa shape index (κ2) is 7.58. The molecular weight excluding hydrogens is 300 g/mol. The summed E-state index contributed by atoms with van der Waals surface area (Å²) in [6.07, 6.45) is 1.44. The first-order valence-corrected chi connectivity index (χ1v) is 6.22. The zero-order chi connectivity index (χ0) is 13.4. The fourth-order valence-corrected chi connectivity index (χ4v) is 1.70. The minimum Gasteiger partial charge on any atom is -0.507 e. The SMILES string of the molecule is [N-]=[N+]=NCCCCNC(=O)c1ccc(Br)cc1O. The van der Waals surface area contributed by atoms with Crippen LogP contribution in [0.1, 0.15) is 23.2 Å². The number of phenols is 1. The number of halogens is 1. The van der Waals surface area contributed by atoms with Crippen molar-refractivity contribution in [3.63, 3.8) is 0 Å². The number of hydrogen-bond acceptors (Lipinski definition) is 3. The quantitative estimate of drug-likeness (QED) is 0.365. The van der Waals surface area contributed by atoms with Crippen molar-refractivity contribution < 1.29 is 9.90 Å². The number of unbranched alkanes of at least 4 members (excludes halogenated alkanes) is 1. The normalized spacial score (nSPS) is 9.61. The minimum absolute atomic E-state index is 0.0593. The van der Waals surface area contributed by atoms with E-state index in [0.29, 0.717) is 17.6 Å². The fraction of sp³-hybridized carbons (Fsp3) is 0.364. The maximum atomic E-state index is 11.7. The molecule has 0 aliphatic heterocycles. The van der Waals surface area contributed by atoms with Gasteiger partial charge in [0.2, 0.25) is 0 Å². The van der Waals surface area contributed by atoms with Gasteiger partial charge in [0.1, 0.15) is 5.75 Å². The largest absolute Gasteiger partial charge is 0.507 e. The molecule has 0 saturated heterocycles. The Morgan fingerprint density at radius 3 is 2.94 bits per heavy atom. The molecule has 0 saturated carbocycles. The Bertz CT molecular complexity index is 472. The monoisotopic (exact) mass is 312 g/mol. The Balaban J connectivity index is 2.38. The molecule has 0 aliphatic carbocycles. The predicted molar refractivity (Wildman–Crippen MR) is 71.4 cm³/mol. The number of carbonyl (C=O) groups excluding carboxylic acids is 1. The molecule has 0 fully saturated rings. The molecule has 0 aliphatic rings. The number of benzene rings is 1. The minimum atomic E-state index is -0.316. The van der Waals surface area contributed by atoms with Crippen LogP contribution in [0.25, 0.3) is 10.4 Å². The van der Waals surface area contributed by atoms with E-state index < -0.39 is 0 Å². The number of phenolic OH excluding ortho intramolecular Hbond substituents is 1. The van der Waals surface area contributed by atoms with E-state index in [2.05, 4.69) is 31.3 Å². The summed E-state index contributed by atoms with van der Waals surface area (Å²) in [5.74, 6) is -0.375. The first-order valence-electron chi connectivity index (χ1n) is 5.42. The molecule has 0 atom stereocenters. The lowest BCUT2D eigenvalue weighted by Crippen LogP contribution is -2.24. The Kier molecular flexibility index (Phi) is 6.04. The fourth-order valence-electron chi connectivity index (χ4n) is 1.35. The van der Waals surface area contributed by atoms with Crippen LogP contribution in [0.5, 0.6) is 5.75 Å². The van der Waals surface area contributed by atoms with Crippen LogP contribution in [0.2, 0.25) is 0 Å². The van der Waals surface area contributed by atoms with Gasteiger partial charge in [0, 0.05) is 22.5 Å². The molecule has 0 heterocycles. The molecule has 96 valence electrons. The van der Waals surface area contributed by atoms with Crippen molar-refractivity contribution in [3.8, 4) is 5.75 Å². The lowest BCUT2D eigenvalue weighted by molar-refractivity contribution is 0.0950. The van der Waals surface area contributed by atoms with Gasteiger partial charge in [0.15, 0.2) is 0 Å². The van der Waals surface area contributed by atoms with Gasteiger partial charge in [-0.2, -0.15) is 0 Å². The Morgan fingerprint density at radius 1 is 1.50 bits per heavy atom. The van der Waals surface area contributed by atoms with Crippen molar-refractivity contribution in [2.45, 2.75) is 12.8 Å². The number of nitrogens with one attached hydrogen (secondary N) is 1. The average molecular weight is 313 g/mol. The highest BCUT2D eigenvalue weighted by atomic mass is 79.9. The van der Waals surface area contributed by atoms with E-state index >= 15 is 0 Å². The maximum absolute atomic E-state index is 11.7. The third kappa shape index (κ3) is 4.65. The van der Waals surface area contributed by atoms with Crippen LogP contribution in [0, 0.1) is 0 Å². The highest BCUT2D eigenvalue weighted by molar-refractivity contribution is 9.10. The van der Waals surface area contributed by atoms with Crippen LogP contribution >= 0.6 is 15.9 Å². The smallest absolute Gasteiger partial charge is 0.255 e. The molecule has 0 radical (unpaired) electrons. The summed E-state index contributed by atoms with van der Waals surface area (Å²) >= 11 is 3.20. The van der Waals surface area contributed by atoms with Crippen LogP contribution < -0.4 is 5.32 Å². The molecule has 0 aromatic heterocycles. The van der Waals surface area contributed by atoms with Gasteiger partial charge in [-0.1, -0.05) is 21.0 Å². The standard InChI is InChI=1S/C11H13BrN4O2/c12-8-3-4-9(10(17)7-8)11(18)14-5-1-2-6-15-16-13/h3-4,7,17H,1-2,5-6H2,(H,14,18). The summed E-state index contributed by atoms with van der Waals surface area (Å²) in [6.45, 7) is 0.908. The number of aromatic hydroxyl groups is 1. The van der Waals surface area contributed by atoms with E-state index in [4.69, 9.17) is 5.53 Å². The van der Waals surface area contributed by atoms with E-state index in [1.165, 1.54) is 6.07 Å². The molecule has 1 aromatic rings. The molecular formula is C11H13BrN4O2. The summed E-state index contributed by atoms with van der Waals surface area (Å²) in [7, 11) is 0. The highest BCUT2D eigenvalue weighted by Crippen LogP contribution is 2.21. The number of hydrogen-bond donors (Lipinski definition) is 2. The van der Waals surface area contributed by atoms with E-state index in [-0.39, 0.29) is 17.2 Å². The Morgan fingerprint density at radius 2 is 2.28 bits per heavy atom. The van der Waals surface area contributed by atoms with E-state index in [0.717, 1.165) is 12.8 Å². The third-order valence-electron chi connectivity index (χ3n) is 2.24. The van der Waals surface area contributed by atoms with Gasteiger partial charge in [0.05, 0.1) is 5.56 Å². The highest BCUT2D eigenvalue weighted by Gasteiger charge is 2.10. The average Bonchev–Trinajstić information content (AvgIpc) is 2.33. The molecule has 0 spiro atoms. The van der Waals surface area contributed by atoms with Gasteiger partial charge in [-0.3, -0.25) is 4.79 Å². The van der Waals surface area contributed by atoms with E-state index in [1.807, 2.05) is 0 Å². The molecule has 1 aromatic carbocycles. The topological polar surface area (TPSA) is 98.1 Å². The van der Waals surface area contributed by atoms with Gasteiger partial charge in [0.25, 0.3) is 5.91 Å². The Hall–Kier alpha value is -1.72. The van der Waals surface area contributed by atoms with Crippen LogP contribution in [0.15, 0.2) is 27.8 Å². The van der Waals surface area contributed by atoms with Gasteiger partial charge in [-0.25, -0.2) is 0 Å². The van der Waals surface area contributed by atoms with Crippen LogP contribution in [-0.2, 0) is 0 Å². The van der Waals surface area contributed by atoms with Crippen molar-refractivity contribution in [2.24, 2.45) is 5.11 Å². The first kappa shape index (κ1) is 14.3. The van der Waals surface area contributed by atoms with Crippen molar-refractivity contribution in [2.75, 3.05) is 13.1 Å².